The predicted molar refractivity (Wildman–Crippen MR) is 134 cm³/mol. The van der Waals surface area contributed by atoms with Crippen molar-refractivity contribution in [1.29, 1.82) is 0 Å². The molecule has 1 aliphatic carbocycles. The third-order valence-corrected chi connectivity index (χ3v) is 6.67. The van der Waals surface area contributed by atoms with Crippen molar-refractivity contribution in [2.75, 3.05) is 13.1 Å². The van der Waals surface area contributed by atoms with E-state index in [4.69, 9.17) is 5.84 Å². The van der Waals surface area contributed by atoms with Gasteiger partial charge in [-0.15, -0.1) is 0 Å². The molecule has 2 aromatic rings. The first-order chi connectivity index (χ1) is 15.0. The van der Waals surface area contributed by atoms with Gasteiger partial charge < -0.3 is 5.43 Å². The number of hydrogen-bond acceptors (Lipinski definition) is 3. The summed E-state index contributed by atoms with van der Waals surface area (Å²) in [6.07, 6.45) is 7.98. The highest BCUT2D eigenvalue weighted by molar-refractivity contribution is 5.62. The zero-order valence-electron chi connectivity index (χ0n) is 19.4. The molecule has 0 saturated carbocycles. The lowest BCUT2D eigenvalue weighted by Crippen LogP contribution is -2.34. The van der Waals surface area contributed by atoms with Crippen molar-refractivity contribution < 1.29 is 0 Å². The molecule has 31 heavy (non-hydrogen) atoms. The maximum absolute atomic E-state index is 5.48. The summed E-state index contributed by atoms with van der Waals surface area (Å²) in [4.78, 5) is 2.73. The number of nitrogens with two attached hydrogens (primary N) is 1. The maximum Gasteiger partial charge on any atom is 0.0351 e. The quantitative estimate of drug-likeness (QED) is 0.264. The lowest BCUT2D eigenvalue weighted by atomic mass is 9.84. The Balaban J connectivity index is 1.76. The molecule has 1 aliphatic rings. The molecule has 3 rings (SSSR count). The van der Waals surface area contributed by atoms with Gasteiger partial charge in [-0.3, -0.25) is 10.7 Å². The average molecular weight is 418 g/mol. The van der Waals surface area contributed by atoms with Gasteiger partial charge >= 0.3 is 0 Å². The Morgan fingerprint density at radius 3 is 2.68 bits per heavy atom. The van der Waals surface area contributed by atoms with Crippen LogP contribution < -0.4 is 11.3 Å². The minimum Gasteiger partial charge on any atom is -0.329 e. The van der Waals surface area contributed by atoms with E-state index in [9.17, 15) is 0 Å². The molecule has 0 bridgehead atoms. The second kappa shape index (κ2) is 11.3. The summed E-state index contributed by atoms with van der Waals surface area (Å²) in [5.41, 5.74) is 11.9. The van der Waals surface area contributed by atoms with Gasteiger partial charge in [0.2, 0.25) is 0 Å². The van der Waals surface area contributed by atoms with Crippen molar-refractivity contribution in [1.82, 2.24) is 10.3 Å². The lowest BCUT2D eigenvalue weighted by Gasteiger charge is -2.36. The summed E-state index contributed by atoms with van der Waals surface area (Å²) in [7, 11) is 0. The molecular weight excluding hydrogens is 378 g/mol. The highest BCUT2D eigenvalue weighted by Crippen LogP contribution is 2.36. The summed E-state index contributed by atoms with van der Waals surface area (Å²) in [6.45, 7) is 14.6. The van der Waals surface area contributed by atoms with Crippen LogP contribution in [0.2, 0.25) is 0 Å². The molecule has 166 valence electrons. The van der Waals surface area contributed by atoms with Gasteiger partial charge in [-0.2, -0.15) is 0 Å². The molecule has 3 N–H and O–H groups in total. The number of hydrazine groups is 1. The number of hydrogen-bond donors (Lipinski definition) is 2. The molecule has 0 radical (unpaired) electrons. The van der Waals surface area contributed by atoms with Gasteiger partial charge in [-0.05, 0) is 93.2 Å². The molecule has 3 nitrogen and oxygen atoms in total. The molecule has 0 aromatic heterocycles. The first kappa shape index (κ1) is 23.3. The van der Waals surface area contributed by atoms with Crippen molar-refractivity contribution in [3.05, 3.63) is 89.1 Å². The predicted octanol–water partition coefficient (Wildman–Crippen LogP) is 6.10. The molecule has 0 fully saturated rings. The molecular formula is C28H39N3. The molecule has 2 aromatic carbocycles. The van der Waals surface area contributed by atoms with Crippen molar-refractivity contribution in [2.24, 2.45) is 5.84 Å². The Hall–Kier alpha value is -2.36. The second-order valence-electron chi connectivity index (χ2n) is 9.02. The molecule has 0 heterocycles. The van der Waals surface area contributed by atoms with Crippen LogP contribution in [0.4, 0.5) is 0 Å². The molecule has 0 aliphatic heterocycles. The number of allylic oxidation sites excluding steroid dienone is 2. The van der Waals surface area contributed by atoms with Gasteiger partial charge in [0.05, 0.1) is 0 Å². The van der Waals surface area contributed by atoms with Crippen LogP contribution in [-0.2, 0) is 12.8 Å². The summed E-state index contributed by atoms with van der Waals surface area (Å²) < 4.78 is 0. The Morgan fingerprint density at radius 2 is 1.94 bits per heavy atom. The number of benzene rings is 2. The van der Waals surface area contributed by atoms with Crippen molar-refractivity contribution in [3.8, 4) is 0 Å². The van der Waals surface area contributed by atoms with Crippen molar-refractivity contribution in [2.45, 2.75) is 64.8 Å². The first-order valence-corrected chi connectivity index (χ1v) is 11.7. The van der Waals surface area contributed by atoms with E-state index in [1.54, 1.807) is 0 Å². The first-order valence-electron chi connectivity index (χ1n) is 11.7. The van der Waals surface area contributed by atoms with Gasteiger partial charge in [0.1, 0.15) is 0 Å². The summed E-state index contributed by atoms with van der Waals surface area (Å²) in [6, 6.07) is 16.3. The van der Waals surface area contributed by atoms with Crippen LogP contribution >= 0.6 is 0 Å². The summed E-state index contributed by atoms with van der Waals surface area (Å²) in [5, 5.41) is 0. The van der Waals surface area contributed by atoms with Crippen LogP contribution in [-0.4, -0.2) is 18.0 Å². The number of nitrogens with zero attached hydrogens (tertiary/aromatic N) is 1. The van der Waals surface area contributed by atoms with Crippen molar-refractivity contribution in [3.63, 3.8) is 0 Å². The fourth-order valence-electron chi connectivity index (χ4n) is 4.74. The van der Waals surface area contributed by atoms with Crippen LogP contribution in [0.3, 0.4) is 0 Å². The van der Waals surface area contributed by atoms with Crippen LogP contribution in [0.1, 0.15) is 72.9 Å². The van der Waals surface area contributed by atoms with E-state index < -0.39 is 0 Å². The molecule has 1 atom stereocenters. The molecule has 3 heteroatoms. The zero-order chi connectivity index (χ0) is 22.2. The summed E-state index contributed by atoms with van der Waals surface area (Å²) >= 11 is 0. The van der Waals surface area contributed by atoms with E-state index >= 15 is 0 Å². The Bertz CT molecular complexity index is 899. The number of fused-ring (bicyclic) bond motifs is 1. The zero-order valence-corrected chi connectivity index (χ0v) is 19.4. The fourth-order valence-corrected chi connectivity index (χ4v) is 4.74. The monoisotopic (exact) mass is 417 g/mol. The van der Waals surface area contributed by atoms with Crippen LogP contribution in [0, 0.1) is 6.92 Å². The lowest BCUT2D eigenvalue weighted by molar-refractivity contribution is 0.177. The van der Waals surface area contributed by atoms with Crippen molar-refractivity contribution >= 4 is 5.57 Å². The van der Waals surface area contributed by atoms with E-state index in [0.29, 0.717) is 6.04 Å². The third kappa shape index (κ3) is 6.32. The Labute approximate surface area is 189 Å². The molecule has 1 unspecified atom stereocenters. The van der Waals surface area contributed by atoms with Crippen LogP contribution in [0.25, 0.3) is 5.57 Å². The van der Waals surface area contributed by atoms with E-state index in [2.05, 4.69) is 79.8 Å². The summed E-state index contributed by atoms with van der Waals surface area (Å²) in [5.74, 6) is 5.48. The minimum atomic E-state index is 0.503. The fraction of sp³-hybridized carbons (Fsp3) is 0.429. The molecule has 0 spiro atoms. The molecule has 0 amide bonds. The Kier molecular flexibility index (Phi) is 8.51. The third-order valence-electron chi connectivity index (χ3n) is 6.67. The van der Waals surface area contributed by atoms with E-state index in [0.717, 1.165) is 50.0 Å². The largest absolute Gasteiger partial charge is 0.329 e. The van der Waals surface area contributed by atoms with Crippen LogP contribution in [0.15, 0.2) is 61.3 Å². The van der Waals surface area contributed by atoms with Gasteiger partial charge in [0.25, 0.3) is 0 Å². The van der Waals surface area contributed by atoms with E-state index in [1.165, 1.54) is 47.1 Å². The number of aryl methyl sites for hydroxylation is 2. The van der Waals surface area contributed by atoms with Gasteiger partial charge in [0, 0.05) is 18.3 Å². The number of rotatable bonds is 11. The SMILES string of the molecule is C=C(CCCCN(CCc1ccccc1C)C1CCCc2cc(C(=C)C)ccc21)NN. The standard InChI is InChI=1S/C28H39N3/c1-21(2)25-15-16-27-26(20-25)13-9-14-28(27)31(18-8-7-11-23(4)30-29)19-17-24-12-6-5-10-22(24)3/h5-6,10,12,15-16,20,28,30H,1,4,7-9,11,13-14,17-19,29H2,2-3H3. The van der Waals surface area contributed by atoms with Gasteiger partial charge in [-0.1, -0.05) is 61.2 Å². The van der Waals surface area contributed by atoms with Crippen LogP contribution in [0.5, 0.6) is 0 Å². The number of nitrogens with one attached hydrogen (secondary N) is 1. The smallest absolute Gasteiger partial charge is 0.0351 e. The normalized spacial score (nSPS) is 15.5. The highest BCUT2D eigenvalue weighted by atomic mass is 15.2. The second-order valence-corrected chi connectivity index (χ2v) is 9.02. The van der Waals surface area contributed by atoms with Gasteiger partial charge in [-0.25, -0.2) is 0 Å². The number of unbranched alkanes of at least 4 members (excludes halogenated alkanes) is 1. The van der Waals surface area contributed by atoms with E-state index in [1.807, 2.05) is 0 Å². The highest BCUT2D eigenvalue weighted by Gasteiger charge is 2.26. The molecule has 0 saturated heterocycles. The topological polar surface area (TPSA) is 41.3 Å². The minimum absolute atomic E-state index is 0.503. The Morgan fingerprint density at radius 1 is 1.13 bits per heavy atom. The average Bonchev–Trinajstić information content (AvgIpc) is 2.78. The van der Waals surface area contributed by atoms with Gasteiger partial charge in [0.15, 0.2) is 0 Å². The van der Waals surface area contributed by atoms with E-state index in [-0.39, 0.29) is 0 Å². The maximum atomic E-state index is 5.48.